The second-order valence-electron chi connectivity index (χ2n) is 10.3. The van der Waals surface area contributed by atoms with Crippen molar-refractivity contribution >= 4 is 34.2 Å². The van der Waals surface area contributed by atoms with Crippen molar-refractivity contribution in [3.63, 3.8) is 0 Å². The van der Waals surface area contributed by atoms with E-state index < -0.39 is 11.6 Å². The molecule has 200 valence electrons. The number of carbonyl (C=O) groups is 2. The van der Waals surface area contributed by atoms with Gasteiger partial charge in [0.05, 0.1) is 10.9 Å². The maximum atomic E-state index is 13.6. The Labute approximate surface area is 220 Å². The zero-order valence-corrected chi connectivity index (χ0v) is 22.4. The van der Waals surface area contributed by atoms with Crippen molar-refractivity contribution in [1.82, 2.24) is 24.1 Å². The maximum Gasteiger partial charge on any atom is 0.352 e. The molecule has 2 aromatic carbocycles. The van der Waals surface area contributed by atoms with Gasteiger partial charge in [0.2, 0.25) is 11.7 Å². The molecule has 0 aliphatic carbocycles. The summed E-state index contributed by atoms with van der Waals surface area (Å²) >= 11 is 0. The summed E-state index contributed by atoms with van der Waals surface area (Å²) in [6, 6.07) is 12.1. The number of aryl methyl sites for hydroxylation is 1. The van der Waals surface area contributed by atoms with E-state index in [1.807, 2.05) is 58.9 Å². The number of nitrogens with zero attached hydrogens (tertiary/aromatic N) is 4. The van der Waals surface area contributed by atoms with Crippen molar-refractivity contribution in [1.29, 1.82) is 0 Å². The largest absolute Gasteiger partial charge is 0.352 e. The van der Waals surface area contributed by atoms with Gasteiger partial charge in [-0.15, -0.1) is 5.10 Å². The molecule has 0 bridgehead atoms. The number of nitrogens with one attached hydrogen (secondary N) is 2. The summed E-state index contributed by atoms with van der Waals surface area (Å²) in [5, 5.41) is 10.4. The average Bonchev–Trinajstić information content (AvgIpc) is 3.20. The monoisotopic (exact) mass is 518 g/mol. The molecule has 0 spiro atoms. The highest BCUT2D eigenvalue weighted by Crippen LogP contribution is 2.17. The smallest absolute Gasteiger partial charge is 0.352 e. The van der Waals surface area contributed by atoms with Crippen LogP contribution in [0.2, 0.25) is 0 Å². The maximum absolute atomic E-state index is 13.6. The van der Waals surface area contributed by atoms with Gasteiger partial charge in [-0.3, -0.25) is 19.0 Å². The van der Waals surface area contributed by atoms with Crippen LogP contribution in [-0.2, 0) is 24.3 Å². The molecule has 0 radical (unpaired) electrons. The predicted molar refractivity (Wildman–Crippen MR) is 148 cm³/mol. The normalized spacial score (nSPS) is 11.6. The van der Waals surface area contributed by atoms with E-state index in [0.29, 0.717) is 29.7 Å². The van der Waals surface area contributed by atoms with E-state index in [2.05, 4.69) is 15.7 Å². The number of amides is 2. The van der Waals surface area contributed by atoms with Crippen molar-refractivity contribution < 1.29 is 9.59 Å². The molecule has 10 heteroatoms. The molecule has 2 aromatic heterocycles. The number of carbonyl (C=O) groups excluding carboxylic acids is 2. The lowest BCUT2D eigenvalue weighted by atomic mass is 10.1. The molecule has 0 saturated carbocycles. The van der Waals surface area contributed by atoms with Gasteiger partial charge in [0, 0.05) is 24.3 Å². The van der Waals surface area contributed by atoms with Crippen LogP contribution in [0.25, 0.3) is 16.7 Å². The number of hydrogen-bond donors (Lipinski definition) is 2. The third kappa shape index (κ3) is 5.39. The average molecular weight is 519 g/mol. The lowest BCUT2D eigenvalue weighted by Crippen LogP contribution is -2.30. The first-order valence-corrected chi connectivity index (χ1v) is 12.9. The molecular weight excluding hydrogens is 484 g/mol. The third-order valence-electron chi connectivity index (χ3n) is 6.22. The summed E-state index contributed by atoms with van der Waals surface area (Å²) in [5.74, 6) is -0.209. The SMILES string of the molecule is CCc1ccccc1NC(=O)Cn1nc2n(CC(C)C)c(=O)c3ccc(C(=O)NCC(C)C)cc3n2c1=O. The van der Waals surface area contributed by atoms with Crippen LogP contribution in [0.15, 0.2) is 52.1 Å². The van der Waals surface area contributed by atoms with Crippen LogP contribution in [0.4, 0.5) is 5.69 Å². The van der Waals surface area contributed by atoms with Crippen molar-refractivity contribution in [2.24, 2.45) is 11.8 Å². The molecule has 0 fully saturated rings. The van der Waals surface area contributed by atoms with E-state index >= 15 is 0 Å². The number of fused-ring (bicyclic) bond motifs is 3. The molecule has 0 unspecified atom stereocenters. The van der Waals surface area contributed by atoms with Gasteiger partial charge in [0.15, 0.2) is 0 Å². The number of benzene rings is 2. The standard InChI is InChI=1S/C28H34N6O4/c1-6-19-9-7-8-10-22(19)30-24(35)16-33-28(38)34-23-13-20(25(36)29-14-17(2)3)11-12-21(23)26(37)32(15-18(4)5)27(34)31-33/h7-13,17-18H,6,14-16H2,1-5H3,(H,29,36)(H,30,35). The van der Waals surface area contributed by atoms with Gasteiger partial charge in [0.25, 0.3) is 11.5 Å². The predicted octanol–water partition coefficient (Wildman–Crippen LogP) is 3.05. The van der Waals surface area contributed by atoms with E-state index in [1.165, 1.54) is 15.0 Å². The number of aromatic nitrogens is 4. The molecule has 0 atom stereocenters. The van der Waals surface area contributed by atoms with Gasteiger partial charge in [-0.05, 0) is 48.1 Å². The third-order valence-corrected chi connectivity index (χ3v) is 6.22. The molecule has 4 aromatic rings. The second kappa shape index (κ2) is 11.0. The molecule has 2 amide bonds. The molecule has 38 heavy (non-hydrogen) atoms. The van der Waals surface area contributed by atoms with E-state index in [1.54, 1.807) is 12.1 Å². The van der Waals surface area contributed by atoms with Gasteiger partial charge in [-0.1, -0.05) is 52.8 Å². The van der Waals surface area contributed by atoms with Crippen molar-refractivity contribution in [2.75, 3.05) is 11.9 Å². The Kier molecular flexibility index (Phi) is 7.80. The van der Waals surface area contributed by atoms with Crippen molar-refractivity contribution in [3.8, 4) is 0 Å². The summed E-state index contributed by atoms with van der Waals surface area (Å²) in [5.41, 5.74) is 1.37. The van der Waals surface area contributed by atoms with Gasteiger partial charge >= 0.3 is 5.69 Å². The molecule has 10 nitrogen and oxygen atoms in total. The molecular formula is C28H34N6O4. The molecule has 4 rings (SSSR count). The lowest BCUT2D eigenvalue weighted by Gasteiger charge is -2.13. The Balaban J connectivity index is 1.82. The summed E-state index contributed by atoms with van der Waals surface area (Å²) in [7, 11) is 0. The molecule has 0 aliphatic rings. The van der Waals surface area contributed by atoms with Gasteiger partial charge in [-0.25, -0.2) is 13.9 Å². The number of anilines is 1. The van der Waals surface area contributed by atoms with Crippen LogP contribution in [0.1, 0.15) is 50.5 Å². The Morgan fingerprint density at radius 1 is 1.00 bits per heavy atom. The van der Waals surface area contributed by atoms with Crippen LogP contribution in [0.3, 0.4) is 0 Å². The van der Waals surface area contributed by atoms with Crippen molar-refractivity contribution in [2.45, 2.75) is 54.1 Å². The zero-order valence-electron chi connectivity index (χ0n) is 22.4. The molecule has 2 N–H and O–H groups in total. The first-order chi connectivity index (χ1) is 18.1. The van der Waals surface area contributed by atoms with Crippen LogP contribution in [0, 0.1) is 11.8 Å². The van der Waals surface area contributed by atoms with E-state index in [4.69, 9.17) is 0 Å². The highest BCUT2D eigenvalue weighted by Gasteiger charge is 2.21. The fraction of sp³-hybridized carbons (Fsp3) is 0.393. The van der Waals surface area contributed by atoms with Gasteiger partial charge < -0.3 is 10.6 Å². The highest BCUT2D eigenvalue weighted by molar-refractivity contribution is 5.98. The fourth-order valence-electron chi connectivity index (χ4n) is 4.36. The number of hydrogen-bond acceptors (Lipinski definition) is 5. The summed E-state index contributed by atoms with van der Waals surface area (Å²) in [6.45, 7) is 10.4. The quantitative estimate of drug-likeness (QED) is 0.353. The zero-order chi connectivity index (χ0) is 27.6. The Bertz CT molecular complexity index is 1630. The van der Waals surface area contributed by atoms with Gasteiger partial charge in [-0.2, -0.15) is 0 Å². The molecule has 0 aliphatic heterocycles. The topological polar surface area (TPSA) is 120 Å². The van der Waals surface area contributed by atoms with Gasteiger partial charge in [0.1, 0.15) is 6.54 Å². The minimum atomic E-state index is -0.568. The molecule has 0 saturated heterocycles. The number of para-hydroxylation sites is 1. The second-order valence-corrected chi connectivity index (χ2v) is 10.3. The minimum absolute atomic E-state index is 0.101. The lowest BCUT2D eigenvalue weighted by molar-refractivity contribution is -0.117. The molecule has 2 heterocycles. The minimum Gasteiger partial charge on any atom is -0.352 e. The Morgan fingerprint density at radius 3 is 2.42 bits per heavy atom. The summed E-state index contributed by atoms with van der Waals surface area (Å²) in [6.07, 6.45) is 0.741. The first kappa shape index (κ1) is 26.8. The Hall–Kier alpha value is -4.21. The first-order valence-electron chi connectivity index (χ1n) is 12.9. The Morgan fingerprint density at radius 2 is 1.74 bits per heavy atom. The van der Waals surface area contributed by atoms with Crippen LogP contribution >= 0.6 is 0 Å². The number of rotatable bonds is 9. The highest BCUT2D eigenvalue weighted by atomic mass is 16.2. The van der Waals surface area contributed by atoms with Crippen LogP contribution in [0.5, 0.6) is 0 Å². The van der Waals surface area contributed by atoms with Crippen molar-refractivity contribution in [3.05, 3.63) is 74.4 Å². The van der Waals surface area contributed by atoms with Crippen LogP contribution < -0.4 is 21.9 Å². The fourth-order valence-corrected chi connectivity index (χ4v) is 4.36. The van der Waals surface area contributed by atoms with E-state index in [-0.39, 0.29) is 41.1 Å². The van der Waals surface area contributed by atoms with E-state index in [9.17, 15) is 19.2 Å². The summed E-state index contributed by atoms with van der Waals surface area (Å²) in [4.78, 5) is 52.6. The van der Waals surface area contributed by atoms with E-state index in [0.717, 1.165) is 16.7 Å². The van der Waals surface area contributed by atoms with Crippen LogP contribution in [-0.4, -0.2) is 37.1 Å². The summed E-state index contributed by atoms with van der Waals surface area (Å²) < 4.78 is 3.82.